The summed E-state index contributed by atoms with van der Waals surface area (Å²) in [4.78, 5) is 20.4. The second-order valence-corrected chi connectivity index (χ2v) is 6.62. The van der Waals surface area contributed by atoms with Crippen LogP contribution in [0.5, 0.6) is 5.75 Å². The Balaban J connectivity index is 1.68. The van der Waals surface area contributed by atoms with Gasteiger partial charge in [0.1, 0.15) is 17.3 Å². The van der Waals surface area contributed by atoms with Gasteiger partial charge >= 0.3 is 0 Å². The number of nitrogens with zero attached hydrogens (tertiary/aromatic N) is 1. The van der Waals surface area contributed by atoms with Gasteiger partial charge in [0.05, 0.1) is 13.7 Å². The van der Waals surface area contributed by atoms with Gasteiger partial charge in [0.25, 0.3) is 5.91 Å². The molecule has 4 rings (SSSR count). The van der Waals surface area contributed by atoms with Gasteiger partial charge in [-0.3, -0.25) is 4.79 Å². The summed E-state index contributed by atoms with van der Waals surface area (Å²) in [6.07, 6.45) is 0.663. The van der Waals surface area contributed by atoms with Crippen LogP contribution in [0.1, 0.15) is 33.2 Å². The zero-order chi connectivity index (χ0) is 18.8. The Hall–Kier alpha value is -3.12. The molecule has 1 unspecified atom stereocenters. The minimum absolute atomic E-state index is 0.00205. The maximum atomic E-state index is 12.5. The second-order valence-electron chi connectivity index (χ2n) is 6.62. The average molecular weight is 363 g/mol. The molecule has 3 aromatic rings. The maximum Gasteiger partial charge on any atom is 0.271 e. The monoisotopic (exact) mass is 363 g/mol. The first-order valence-corrected chi connectivity index (χ1v) is 8.89. The average Bonchev–Trinajstić information content (AvgIpc) is 3.08. The molecule has 0 radical (unpaired) electrons. The summed E-state index contributed by atoms with van der Waals surface area (Å²) in [5, 5.41) is 12.2. The maximum absolute atomic E-state index is 12.5. The van der Waals surface area contributed by atoms with E-state index in [1.165, 1.54) is 0 Å². The van der Waals surface area contributed by atoms with E-state index in [1.54, 1.807) is 7.11 Å². The molecule has 2 heterocycles. The Morgan fingerprint density at radius 3 is 2.70 bits per heavy atom. The summed E-state index contributed by atoms with van der Waals surface area (Å²) in [6.45, 7) is 0.530. The summed E-state index contributed by atoms with van der Waals surface area (Å²) >= 11 is 0. The summed E-state index contributed by atoms with van der Waals surface area (Å²) in [7, 11) is 1.66. The van der Waals surface area contributed by atoms with Crippen molar-refractivity contribution in [1.29, 1.82) is 0 Å². The molecule has 0 saturated carbocycles. The lowest BCUT2D eigenvalue weighted by molar-refractivity contribution is 0.0950. The Bertz CT molecular complexity index is 963. The number of amides is 1. The van der Waals surface area contributed by atoms with Crippen molar-refractivity contribution in [2.24, 2.45) is 0 Å². The Morgan fingerprint density at radius 1 is 1.19 bits per heavy atom. The Labute approximate surface area is 157 Å². The molecule has 6 heteroatoms. The zero-order valence-corrected chi connectivity index (χ0v) is 15.0. The number of aliphatic hydroxyl groups is 1. The molecule has 1 aliphatic heterocycles. The van der Waals surface area contributed by atoms with Crippen molar-refractivity contribution in [3.63, 3.8) is 0 Å². The van der Waals surface area contributed by atoms with Crippen LogP contribution in [0.2, 0.25) is 0 Å². The molecule has 0 spiro atoms. The third kappa shape index (κ3) is 3.31. The molecule has 1 amide bonds. The number of hydrogen-bond acceptors (Lipinski definition) is 4. The fourth-order valence-corrected chi connectivity index (χ4v) is 3.49. The number of aromatic nitrogens is 2. The van der Waals surface area contributed by atoms with Crippen molar-refractivity contribution in [3.05, 3.63) is 71.0 Å². The molecule has 138 valence electrons. The van der Waals surface area contributed by atoms with Crippen LogP contribution in [0, 0.1) is 0 Å². The van der Waals surface area contributed by atoms with Crippen molar-refractivity contribution in [1.82, 2.24) is 15.3 Å². The summed E-state index contributed by atoms with van der Waals surface area (Å²) < 4.78 is 5.49. The number of carbonyl (C=O) groups is 1. The molecule has 6 nitrogen and oxygen atoms in total. The molecule has 0 fully saturated rings. The van der Waals surface area contributed by atoms with Crippen LogP contribution in [0.3, 0.4) is 0 Å². The largest absolute Gasteiger partial charge is 0.496 e. The standard InChI is InChI=1S/C21H21N3O3/c1-27-18-5-3-2-4-16(18)15-10-17-19(21(26)22-11-15)24-20(23-17)14-8-6-13(12-25)7-9-14/h2-9,15,25H,10-12H2,1H3,(H,22,26)(H,23,24). The number of imidazole rings is 1. The molecule has 2 aromatic carbocycles. The first-order chi connectivity index (χ1) is 13.2. The fourth-order valence-electron chi connectivity index (χ4n) is 3.49. The van der Waals surface area contributed by atoms with E-state index in [0.717, 1.165) is 28.1 Å². The highest BCUT2D eigenvalue weighted by Gasteiger charge is 2.27. The van der Waals surface area contributed by atoms with E-state index in [0.29, 0.717) is 24.5 Å². The topological polar surface area (TPSA) is 87.2 Å². The van der Waals surface area contributed by atoms with Crippen molar-refractivity contribution >= 4 is 5.91 Å². The third-order valence-electron chi connectivity index (χ3n) is 4.94. The van der Waals surface area contributed by atoms with Crippen LogP contribution in [0.4, 0.5) is 0 Å². The van der Waals surface area contributed by atoms with Crippen molar-refractivity contribution < 1.29 is 14.6 Å². The highest BCUT2D eigenvalue weighted by molar-refractivity contribution is 5.94. The number of aliphatic hydroxyl groups excluding tert-OH is 1. The molecule has 27 heavy (non-hydrogen) atoms. The van der Waals surface area contributed by atoms with Gasteiger partial charge in [-0.25, -0.2) is 4.98 Å². The number of para-hydroxylation sites is 1. The van der Waals surface area contributed by atoms with Crippen LogP contribution >= 0.6 is 0 Å². The Kier molecular flexibility index (Phi) is 4.64. The van der Waals surface area contributed by atoms with E-state index < -0.39 is 0 Å². The van der Waals surface area contributed by atoms with Gasteiger partial charge < -0.3 is 20.1 Å². The number of nitrogens with one attached hydrogen (secondary N) is 2. The fraction of sp³-hybridized carbons (Fsp3) is 0.238. The van der Waals surface area contributed by atoms with Gasteiger partial charge in [-0.1, -0.05) is 42.5 Å². The second kappa shape index (κ2) is 7.25. The zero-order valence-electron chi connectivity index (χ0n) is 15.0. The summed E-state index contributed by atoms with van der Waals surface area (Å²) in [5.41, 5.74) is 4.04. The van der Waals surface area contributed by atoms with E-state index in [1.807, 2.05) is 48.5 Å². The van der Waals surface area contributed by atoms with Crippen LogP contribution in [-0.4, -0.2) is 34.6 Å². The molecule has 1 aromatic heterocycles. The van der Waals surface area contributed by atoms with Gasteiger partial charge in [-0.15, -0.1) is 0 Å². The smallest absolute Gasteiger partial charge is 0.271 e. The van der Waals surface area contributed by atoms with Crippen molar-refractivity contribution in [3.8, 4) is 17.1 Å². The van der Waals surface area contributed by atoms with Gasteiger partial charge in [0, 0.05) is 23.7 Å². The van der Waals surface area contributed by atoms with Crippen LogP contribution < -0.4 is 10.1 Å². The van der Waals surface area contributed by atoms with Crippen molar-refractivity contribution in [2.45, 2.75) is 18.9 Å². The molecule has 0 bridgehead atoms. The van der Waals surface area contributed by atoms with E-state index in [4.69, 9.17) is 4.74 Å². The minimum Gasteiger partial charge on any atom is -0.496 e. The van der Waals surface area contributed by atoms with E-state index in [9.17, 15) is 9.90 Å². The molecule has 0 aliphatic carbocycles. The van der Waals surface area contributed by atoms with E-state index >= 15 is 0 Å². The molecule has 0 saturated heterocycles. The van der Waals surface area contributed by atoms with Gasteiger partial charge in [-0.2, -0.15) is 0 Å². The van der Waals surface area contributed by atoms with E-state index in [-0.39, 0.29) is 18.4 Å². The van der Waals surface area contributed by atoms with Gasteiger partial charge in [0.2, 0.25) is 0 Å². The Morgan fingerprint density at radius 2 is 1.96 bits per heavy atom. The highest BCUT2D eigenvalue weighted by Crippen LogP contribution is 2.31. The number of methoxy groups -OCH3 is 1. The van der Waals surface area contributed by atoms with Gasteiger partial charge in [-0.05, 0) is 23.6 Å². The highest BCUT2D eigenvalue weighted by atomic mass is 16.5. The lowest BCUT2D eigenvalue weighted by Crippen LogP contribution is -2.26. The van der Waals surface area contributed by atoms with Crippen LogP contribution in [-0.2, 0) is 13.0 Å². The first kappa shape index (κ1) is 17.3. The van der Waals surface area contributed by atoms with Crippen LogP contribution in [0.15, 0.2) is 48.5 Å². The lowest BCUT2D eigenvalue weighted by atomic mass is 9.93. The number of rotatable bonds is 4. The predicted octanol–water partition coefficient (Wildman–Crippen LogP) is 2.65. The number of ether oxygens (including phenoxy) is 1. The number of hydrogen-bond donors (Lipinski definition) is 3. The van der Waals surface area contributed by atoms with Crippen molar-refractivity contribution in [2.75, 3.05) is 13.7 Å². The molecule has 1 atom stereocenters. The third-order valence-corrected chi connectivity index (χ3v) is 4.94. The number of fused-ring (bicyclic) bond motifs is 1. The minimum atomic E-state index is -0.170. The summed E-state index contributed by atoms with van der Waals surface area (Å²) in [5.74, 6) is 1.40. The predicted molar refractivity (Wildman–Crippen MR) is 102 cm³/mol. The number of carbonyl (C=O) groups excluding carboxylic acids is 1. The van der Waals surface area contributed by atoms with Crippen LogP contribution in [0.25, 0.3) is 11.4 Å². The molecule has 3 N–H and O–H groups in total. The van der Waals surface area contributed by atoms with E-state index in [2.05, 4.69) is 15.3 Å². The lowest BCUT2D eigenvalue weighted by Gasteiger charge is -2.17. The molecular formula is C21H21N3O3. The first-order valence-electron chi connectivity index (χ1n) is 8.89. The quantitative estimate of drug-likeness (QED) is 0.665. The number of benzene rings is 2. The van der Waals surface area contributed by atoms with Gasteiger partial charge in [0.15, 0.2) is 0 Å². The molecule has 1 aliphatic rings. The normalized spacial score (nSPS) is 16.4. The number of aromatic amines is 1. The molecular weight excluding hydrogens is 342 g/mol. The SMILES string of the molecule is COc1ccccc1C1CNC(=O)c2nc(-c3ccc(CO)cc3)[nH]c2C1. The summed E-state index contributed by atoms with van der Waals surface area (Å²) in [6, 6.07) is 15.4. The number of H-pyrrole nitrogens is 1.